The maximum absolute atomic E-state index is 12.2. The molecule has 0 fully saturated rings. The number of nitrogens with zero attached hydrogens (tertiary/aromatic N) is 1. The first-order valence-corrected chi connectivity index (χ1v) is 10.4. The average Bonchev–Trinajstić information content (AvgIpc) is 3.11. The number of amides is 1. The predicted molar refractivity (Wildman–Crippen MR) is 123 cm³/mol. The van der Waals surface area contributed by atoms with Crippen LogP contribution in [0.25, 0.3) is 21.8 Å². The fraction of sp³-hybridized carbons (Fsp3) is 0.200. The number of rotatable bonds is 8. The zero-order valence-electron chi connectivity index (χ0n) is 17.1. The van der Waals surface area contributed by atoms with Gasteiger partial charge in [0.1, 0.15) is 6.04 Å². The van der Waals surface area contributed by atoms with Crippen molar-refractivity contribution in [2.45, 2.75) is 25.3 Å². The summed E-state index contributed by atoms with van der Waals surface area (Å²) in [5, 5.41) is 15.0. The van der Waals surface area contributed by atoms with Crippen LogP contribution < -0.4 is 11.1 Å². The second-order valence-corrected chi connectivity index (χ2v) is 7.63. The third kappa shape index (κ3) is 4.23. The molecule has 1 atom stereocenters. The van der Waals surface area contributed by atoms with Crippen LogP contribution in [0.5, 0.6) is 0 Å². The average molecular weight is 415 g/mol. The summed E-state index contributed by atoms with van der Waals surface area (Å²) in [6.45, 7) is 0.489. The molecule has 3 aromatic carbocycles. The van der Waals surface area contributed by atoms with Gasteiger partial charge in [0.25, 0.3) is 5.91 Å². The van der Waals surface area contributed by atoms with Crippen LogP contribution in [-0.4, -0.2) is 28.1 Å². The number of carbonyl (C=O) groups is 2. The lowest BCUT2D eigenvalue weighted by molar-refractivity contribution is -0.140. The van der Waals surface area contributed by atoms with Crippen molar-refractivity contribution in [3.63, 3.8) is 0 Å². The number of benzene rings is 3. The Labute approximate surface area is 180 Å². The molecule has 0 aliphatic carbocycles. The molecule has 1 aromatic heterocycles. The van der Waals surface area contributed by atoms with E-state index < -0.39 is 12.0 Å². The summed E-state index contributed by atoms with van der Waals surface area (Å²) in [6, 6.07) is 21.9. The molecule has 0 saturated carbocycles. The van der Waals surface area contributed by atoms with Gasteiger partial charge in [0.2, 0.25) is 0 Å². The summed E-state index contributed by atoms with van der Waals surface area (Å²) in [5.74, 6) is -1.01. The smallest absolute Gasteiger partial charge is 0.326 e. The molecule has 4 N–H and O–H groups in total. The third-order valence-corrected chi connectivity index (χ3v) is 5.58. The standard InChI is InChI=1S/C25H25N3O3/c26-18-14-12-17(13-15-18)24(29)27-16-6-5-11-23(25(30)31)28-21-9-3-1-7-19(21)20-8-2-4-10-22(20)28/h1-4,7-10,12-15,23H,5-6,11,16,26H2,(H,27,29)(H,30,31)/t23-/m0/s1. The van der Waals surface area contributed by atoms with Crippen LogP contribution in [0.1, 0.15) is 35.7 Å². The van der Waals surface area contributed by atoms with Crippen LogP contribution in [0.2, 0.25) is 0 Å². The first-order valence-electron chi connectivity index (χ1n) is 10.4. The van der Waals surface area contributed by atoms with Crippen LogP contribution in [0, 0.1) is 0 Å². The summed E-state index contributed by atoms with van der Waals surface area (Å²) < 4.78 is 1.93. The Hall–Kier alpha value is -3.80. The summed E-state index contributed by atoms with van der Waals surface area (Å²) in [7, 11) is 0. The molecule has 158 valence electrons. The molecule has 1 heterocycles. The van der Waals surface area contributed by atoms with Gasteiger partial charge in [-0.2, -0.15) is 0 Å². The molecule has 0 unspecified atom stereocenters. The van der Waals surface area contributed by atoms with Gasteiger partial charge in [0, 0.05) is 39.6 Å². The Morgan fingerprint density at radius 3 is 2.03 bits per heavy atom. The number of aliphatic carboxylic acids is 1. The van der Waals surface area contributed by atoms with E-state index in [1.807, 2.05) is 53.1 Å². The molecule has 4 rings (SSSR count). The van der Waals surface area contributed by atoms with Crippen LogP contribution in [0.4, 0.5) is 5.69 Å². The normalized spacial score (nSPS) is 12.1. The number of para-hydroxylation sites is 2. The van der Waals surface area contributed by atoms with Crippen molar-refractivity contribution >= 4 is 39.4 Å². The fourth-order valence-corrected chi connectivity index (χ4v) is 4.05. The number of anilines is 1. The van der Waals surface area contributed by atoms with Crippen LogP contribution >= 0.6 is 0 Å². The van der Waals surface area contributed by atoms with Gasteiger partial charge in [0.15, 0.2) is 0 Å². The van der Waals surface area contributed by atoms with E-state index in [0.717, 1.165) is 21.8 Å². The van der Waals surface area contributed by atoms with Gasteiger partial charge in [-0.25, -0.2) is 4.79 Å². The van der Waals surface area contributed by atoms with Crippen molar-refractivity contribution in [2.24, 2.45) is 0 Å². The number of nitrogens with two attached hydrogens (primary N) is 1. The van der Waals surface area contributed by atoms with Crippen molar-refractivity contribution in [3.8, 4) is 0 Å². The van der Waals surface area contributed by atoms with Crippen LogP contribution in [0.15, 0.2) is 72.8 Å². The highest BCUT2D eigenvalue weighted by atomic mass is 16.4. The summed E-state index contributed by atoms with van der Waals surface area (Å²) >= 11 is 0. The van der Waals surface area contributed by atoms with E-state index in [2.05, 4.69) is 5.32 Å². The molecule has 0 bridgehead atoms. The molecular formula is C25H25N3O3. The van der Waals surface area contributed by atoms with Gasteiger partial charge in [-0.1, -0.05) is 36.4 Å². The number of aromatic nitrogens is 1. The number of nitrogen functional groups attached to an aromatic ring is 1. The van der Waals surface area contributed by atoms with Gasteiger partial charge in [-0.15, -0.1) is 0 Å². The van der Waals surface area contributed by atoms with E-state index in [0.29, 0.717) is 37.1 Å². The molecule has 0 spiro atoms. The number of fused-ring (bicyclic) bond motifs is 3. The zero-order chi connectivity index (χ0) is 21.8. The van der Waals surface area contributed by atoms with Gasteiger partial charge in [-0.05, 0) is 55.7 Å². The molecular weight excluding hydrogens is 390 g/mol. The van der Waals surface area contributed by atoms with E-state index >= 15 is 0 Å². The lowest BCUT2D eigenvalue weighted by Crippen LogP contribution is -2.25. The molecule has 0 saturated heterocycles. The lowest BCUT2D eigenvalue weighted by Gasteiger charge is -2.17. The highest BCUT2D eigenvalue weighted by molar-refractivity contribution is 6.08. The number of hydrogen-bond acceptors (Lipinski definition) is 3. The van der Waals surface area contributed by atoms with Gasteiger partial charge < -0.3 is 20.7 Å². The second kappa shape index (κ2) is 8.92. The molecule has 0 aliphatic rings. The first kappa shape index (κ1) is 20.5. The Kier molecular flexibility index (Phi) is 5.89. The Bertz CT molecular complexity index is 1170. The molecule has 0 radical (unpaired) electrons. The van der Waals surface area contributed by atoms with Gasteiger partial charge in [-0.3, -0.25) is 4.79 Å². The summed E-state index contributed by atoms with van der Waals surface area (Å²) in [5.41, 5.74) is 8.67. The highest BCUT2D eigenvalue weighted by Gasteiger charge is 2.23. The molecule has 0 aliphatic heterocycles. The van der Waals surface area contributed by atoms with Crippen LogP contribution in [0.3, 0.4) is 0 Å². The van der Waals surface area contributed by atoms with Crippen LogP contribution in [-0.2, 0) is 4.79 Å². The number of carboxylic acid groups (broad SMARTS) is 1. The van der Waals surface area contributed by atoms with E-state index in [9.17, 15) is 14.7 Å². The van der Waals surface area contributed by atoms with Crippen molar-refractivity contribution in [1.82, 2.24) is 9.88 Å². The minimum Gasteiger partial charge on any atom is -0.480 e. The summed E-state index contributed by atoms with van der Waals surface area (Å²) in [6.07, 6.45) is 1.86. The number of carboxylic acids is 1. The monoisotopic (exact) mass is 415 g/mol. The lowest BCUT2D eigenvalue weighted by atomic mass is 10.1. The maximum Gasteiger partial charge on any atom is 0.326 e. The number of carbonyl (C=O) groups excluding carboxylic acids is 1. The van der Waals surface area contributed by atoms with E-state index in [1.165, 1.54) is 0 Å². The van der Waals surface area contributed by atoms with Crippen molar-refractivity contribution in [2.75, 3.05) is 12.3 Å². The third-order valence-electron chi connectivity index (χ3n) is 5.58. The maximum atomic E-state index is 12.2. The van der Waals surface area contributed by atoms with E-state index in [1.54, 1.807) is 24.3 Å². The molecule has 6 heteroatoms. The largest absolute Gasteiger partial charge is 0.480 e. The number of unbranched alkanes of at least 4 members (excludes halogenated alkanes) is 1. The number of nitrogens with one attached hydrogen (secondary N) is 1. The van der Waals surface area contributed by atoms with Gasteiger partial charge >= 0.3 is 5.97 Å². The number of hydrogen-bond donors (Lipinski definition) is 3. The predicted octanol–water partition coefficient (Wildman–Crippen LogP) is 4.60. The van der Waals surface area contributed by atoms with E-state index in [-0.39, 0.29) is 5.91 Å². The Morgan fingerprint density at radius 2 is 1.45 bits per heavy atom. The van der Waals surface area contributed by atoms with Crippen molar-refractivity contribution < 1.29 is 14.7 Å². The minimum atomic E-state index is -0.850. The highest BCUT2D eigenvalue weighted by Crippen LogP contribution is 2.33. The first-order chi connectivity index (χ1) is 15.1. The molecule has 6 nitrogen and oxygen atoms in total. The topological polar surface area (TPSA) is 97.3 Å². The molecule has 1 amide bonds. The quantitative estimate of drug-likeness (QED) is 0.289. The Morgan fingerprint density at radius 1 is 0.871 bits per heavy atom. The second-order valence-electron chi connectivity index (χ2n) is 7.63. The Balaban J connectivity index is 1.44. The summed E-state index contributed by atoms with van der Waals surface area (Å²) in [4.78, 5) is 24.4. The molecule has 4 aromatic rings. The minimum absolute atomic E-state index is 0.155. The SMILES string of the molecule is Nc1ccc(C(=O)NCCCC[C@@H](C(=O)O)n2c3ccccc3c3ccccc32)cc1. The van der Waals surface area contributed by atoms with Crippen molar-refractivity contribution in [1.29, 1.82) is 0 Å². The zero-order valence-corrected chi connectivity index (χ0v) is 17.1. The van der Waals surface area contributed by atoms with E-state index in [4.69, 9.17) is 5.73 Å². The van der Waals surface area contributed by atoms with Crippen molar-refractivity contribution in [3.05, 3.63) is 78.4 Å². The fourth-order valence-electron chi connectivity index (χ4n) is 4.05. The van der Waals surface area contributed by atoms with Gasteiger partial charge in [0.05, 0.1) is 0 Å². The molecule has 31 heavy (non-hydrogen) atoms.